The maximum absolute atomic E-state index is 9.49. The summed E-state index contributed by atoms with van der Waals surface area (Å²) in [6.45, 7) is 0.915. The van der Waals surface area contributed by atoms with Gasteiger partial charge < -0.3 is 48.7 Å². The number of benzene rings is 3. The number of fused-ring (bicyclic) bond motifs is 2. The lowest BCUT2D eigenvalue weighted by Gasteiger charge is -2.22. The highest BCUT2D eigenvalue weighted by Crippen LogP contribution is 2.25. The Morgan fingerprint density at radius 3 is 1.88 bits per heavy atom. The predicted octanol–water partition coefficient (Wildman–Crippen LogP) is -0.466. The number of halogens is 1. The van der Waals surface area contributed by atoms with Crippen LogP contribution in [0.2, 0.25) is 0 Å². The summed E-state index contributed by atoms with van der Waals surface area (Å²) >= 11 is 0. The van der Waals surface area contributed by atoms with E-state index in [1.807, 2.05) is 61.5 Å². The molecule has 8 heteroatoms. The fraction of sp³-hybridized carbons (Fsp3) is 0.280. The molecule has 174 valence electrons. The van der Waals surface area contributed by atoms with Crippen LogP contribution < -0.4 is 43.1 Å². The SMILES string of the molecule is COc1ccc(-[n+]2c3cc(N(C)C)ccc3nc3ccc(N(CCO)CCO)cc32)cc1.[I-]. The van der Waals surface area contributed by atoms with Crippen molar-refractivity contribution in [2.24, 2.45) is 0 Å². The molecule has 0 bridgehead atoms. The zero-order chi connectivity index (χ0) is 22.7. The van der Waals surface area contributed by atoms with Crippen molar-refractivity contribution in [1.29, 1.82) is 0 Å². The number of aliphatic hydroxyl groups excluding tert-OH is 2. The van der Waals surface area contributed by atoms with E-state index in [1.165, 1.54) is 0 Å². The second-order valence-electron chi connectivity index (χ2n) is 7.82. The van der Waals surface area contributed by atoms with Gasteiger partial charge in [-0.3, -0.25) is 0 Å². The van der Waals surface area contributed by atoms with Gasteiger partial charge in [-0.05, 0) is 36.4 Å². The van der Waals surface area contributed by atoms with Crippen molar-refractivity contribution < 1.29 is 43.5 Å². The van der Waals surface area contributed by atoms with Crippen LogP contribution in [-0.4, -0.2) is 62.7 Å². The Morgan fingerprint density at radius 1 is 0.818 bits per heavy atom. The number of hydrogen-bond donors (Lipinski definition) is 2. The van der Waals surface area contributed by atoms with Crippen LogP contribution >= 0.6 is 0 Å². The average molecular weight is 560 g/mol. The molecular formula is C25H29IN4O3. The van der Waals surface area contributed by atoms with Crippen LogP contribution in [0.4, 0.5) is 11.4 Å². The van der Waals surface area contributed by atoms with Gasteiger partial charge in [-0.1, -0.05) is 0 Å². The lowest BCUT2D eigenvalue weighted by Crippen LogP contribution is -3.00. The third-order valence-electron chi connectivity index (χ3n) is 5.59. The third-order valence-corrected chi connectivity index (χ3v) is 5.59. The Morgan fingerprint density at radius 2 is 1.36 bits per heavy atom. The van der Waals surface area contributed by atoms with E-state index in [1.54, 1.807) is 7.11 Å². The van der Waals surface area contributed by atoms with Crippen molar-refractivity contribution >= 4 is 33.4 Å². The lowest BCUT2D eigenvalue weighted by atomic mass is 10.1. The molecule has 0 amide bonds. The third kappa shape index (κ3) is 5.13. The molecule has 0 unspecified atom stereocenters. The number of aromatic nitrogens is 2. The maximum atomic E-state index is 9.49. The molecule has 1 heterocycles. The van der Waals surface area contributed by atoms with Crippen LogP contribution in [0.1, 0.15) is 0 Å². The Hall–Kier alpha value is -2.69. The highest BCUT2D eigenvalue weighted by molar-refractivity contribution is 5.86. The fourth-order valence-electron chi connectivity index (χ4n) is 3.93. The van der Waals surface area contributed by atoms with E-state index in [4.69, 9.17) is 9.72 Å². The molecule has 4 aromatic rings. The second-order valence-corrected chi connectivity index (χ2v) is 7.82. The second kappa shape index (κ2) is 11.0. The summed E-state index contributed by atoms with van der Waals surface area (Å²) in [5.74, 6) is 0.795. The molecule has 2 N–H and O–H groups in total. The molecule has 0 saturated heterocycles. The van der Waals surface area contributed by atoms with Crippen LogP contribution in [0.25, 0.3) is 27.8 Å². The normalized spacial score (nSPS) is 10.8. The monoisotopic (exact) mass is 560 g/mol. The molecule has 1 aromatic heterocycles. The predicted molar refractivity (Wildman–Crippen MR) is 128 cm³/mol. The minimum absolute atomic E-state index is 0. The average Bonchev–Trinajstić information content (AvgIpc) is 2.82. The summed E-state index contributed by atoms with van der Waals surface area (Å²) in [5.41, 5.74) is 6.69. The standard InChI is InChI=1S/C25H29N4O3.HI/c1-27(2)19-6-10-22-24(16-19)29(18-4-8-21(32-3)9-5-18)25-17-20(7-11-23(25)26-22)28(12-14-30)13-15-31;/h4-11,16-17,30-31H,12-15H2,1-3H3;1H/q+1;/p-1. The molecule has 0 saturated carbocycles. The summed E-state index contributed by atoms with van der Waals surface area (Å²) in [4.78, 5) is 8.95. The topological polar surface area (TPSA) is 72.9 Å². The molecule has 3 aromatic carbocycles. The summed E-state index contributed by atoms with van der Waals surface area (Å²) in [5, 5.41) is 19.0. The first-order valence-corrected chi connectivity index (χ1v) is 10.6. The maximum Gasteiger partial charge on any atom is 0.239 e. The minimum Gasteiger partial charge on any atom is -1.00 e. The molecule has 0 fully saturated rings. The van der Waals surface area contributed by atoms with E-state index in [-0.39, 0.29) is 37.2 Å². The van der Waals surface area contributed by atoms with Gasteiger partial charge in [0.25, 0.3) is 0 Å². The first kappa shape index (κ1) is 24.9. The zero-order valence-corrected chi connectivity index (χ0v) is 21.2. The number of rotatable bonds is 8. The molecule has 0 spiro atoms. The first-order chi connectivity index (χ1) is 15.5. The van der Waals surface area contributed by atoms with Gasteiger partial charge in [0.05, 0.1) is 20.3 Å². The van der Waals surface area contributed by atoms with Gasteiger partial charge >= 0.3 is 0 Å². The smallest absolute Gasteiger partial charge is 0.239 e. The number of methoxy groups -OCH3 is 1. The van der Waals surface area contributed by atoms with Gasteiger partial charge in [0.2, 0.25) is 16.7 Å². The molecule has 0 aliphatic heterocycles. The quantitative estimate of drug-likeness (QED) is 0.173. The van der Waals surface area contributed by atoms with Crippen LogP contribution in [0.5, 0.6) is 5.75 Å². The molecule has 33 heavy (non-hydrogen) atoms. The largest absolute Gasteiger partial charge is 1.00 e. The van der Waals surface area contributed by atoms with Crippen molar-refractivity contribution in [3.05, 3.63) is 60.7 Å². The Kier molecular flexibility index (Phi) is 8.28. The van der Waals surface area contributed by atoms with Crippen molar-refractivity contribution in [1.82, 2.24) is 4.98 Å². The molecule has 4 rings (SSSR count). The van der Waals surface area contributed by atoms with Crippen LogP contribution in [0.3, 0.4) is 0 Å². The van der Waals surface area contributed by atoms with Gasteiger partial charge in [-0.25, -0.2) is 4.98 Å². The lowest BCUT2D eigenvalue weighted by molar-refractivity contribution is -0.538. The van der Waals surface area contributed by atoms with Gasteiger partial charge in [-0.15, -0.1) is 4.57 Å². The fourth-order valence-corrected chi connectivity index (χ4v) is 3.93. The Labute approximate surface area is 210 Å². The molecule has 0 radical (unpaired) electrons. The van der Waals surface area contributed by atoms with E-state index in [2.05, 4.69) is 27.7 Å². The van der Waals surface area contributed by atoms with Crippen LogP contribution in [0, 0.1) is 0 Å². The van der Waals surface area contributed by atoms with Gasteiger partial charge in [-0.2, -0.15) is 0 Å². The van der Waals surface area contributed by atoms with Crippen molar-refractivity contribution in [3.63, 3.8) is 0 Å². The van der Waals surface area contributed by atoms with Crippen molar-refractivity contribution in [2.45, 2.75) is 0 Å². The Balaban J connectivity index is 0.00000306. The van der Waals surface area contributed by atoms with Crippen molar-refractivity contribution in [2.75, 3.05) is 57.3 Å². The number of nitrogens with zero attached hydrogens (tertiary/aromatic N) is 4. The highest BCUT2D eigenvalue weighted by atomic mass is 127. The van der Waals surface area contributed by atoms with Gasteiger partial charge in [0.15, 0.2) is 0 Å². The van der Waals surface area contributed by atoms with E-state index in [0.29, 0.717) is 13.1 Å². The van der Waals surface area contributed by atoms with E-state index >= 15 is 0 Å². The summed E-state index contributed by atoms with van der Waals surface area (Å²) in [6, 6.07) is 20.3. The van der Waals surface area contributed by atoms with Crippen LogP contribution in [-0.2, 0) is 0 Å². The van der Waals surface area contributed by atoms with E-state index in [0.717, 1.165) is 44.9 Å². The van der Waals surface area contributed by atoms with Gasteiger partial charge in [0.1, 0.15) is 16.8 Å². The molecule has 0 aliphatic carbocycles. The van der Waals surface area contributed by atoms with Crippen molar-refractivity contribution in [3.8, 4) is 11.4 Å². The molecular weight excluding hydrogens is 531 g/mol. The zero-order valence-electron chi connectivity index (χ0n) is 19.1. The number of ether oxygens (including phenoxy) is 1. The first-order valence-electron chi connectivity index (χ1n) is 10.6. The van der Waals surface area contributed by atoms with E-state index < -0.39 is 0 Å². The summed E-state index contributed by atoms with van der Waals surface area (Å²) in [6.07, 6.45) is 0. The Bertz CT molecular complexity index is 1230. The number of aliphatic hydroxyl groups is 2. The van der Waals surface area contributed by atoms with E-state index in [9.17, 15) is 10.2 Å². The number of hydrogen-bond acceptors (Lipinski definition) is 6. The molecule has 7 nitrogen and oxygen atoms in total. The summed E-state index contributed by atoms with van der Waals surface area (Å²) in [7, 11) is 5.70. The summed E-state index contributed by atoms with van der Waals surface area (Å²) < 4.78 is 7.55. The van der Waals surface area contributed by atoms with Gasteiger partial charge in [0, 0.05) is 62.8 Å². The number of anilines is 2. The minimum atomic E-state index is 0. The molecule has 0 aliphatic rings. The molecule has 0 atom stereocenters. The van der Waals surface area contributed by atoms with Crippen LogP contribution in [0.15, 0.2) is 60.7 Å². The highest BCUT2D eigenvalue weighted by Gasteiger charge is 2.22.